The molecule has 15 heavy (non-hydrogen) atoms. The van der Waals surface area contributed by atoms with Crippen molar-refractivity contribution >= 4 is 5.78 Å². The molecule has 1 rings (SSSR count). The zero-order valence-corrected chi connectivity index (χ0v) is 9.00. The Morgan fingerprint density at radius 3 is 2.80 bits per heavy atom. The van der Waals surface area contributed by atoms with Crippen LogP contribution in [0, 0.1) is 5.82 Å². The SMILES string of the molecule is CCC(OC)C(=O)Cc1cccc(F)c1. The fraction of sp³-hybridized carbons (Fsp3) is 0.417. The summed E-state index contributed by atoms with van der Waals surface area (Å²) >= 11 is 0. The maximum Gasteiger partial charge on any atom is 0.165 e. The summed E-state index contributed by atoms with van der Waals surface area (Å²) in [5.74, 6) is -0.323. The molecule has 82 valence electrons. The number of methoxy groups -OCH3 is 1. The maximum absolute atomic E-state index is 12.8. The number of ketones is 1. The predicted octanol–water partition coefficient (Wildman–Crippen LogP) is 2.36. The van der Waals surface area contributed by atoms with Crippen molar-refractivity contribution in [1.29, 1.82) is 0 Å². The molecular formula is C12H15FO2. The average molecular weight is 210 g/mol. The lowest BCUT2D eigenvalue weighted by Crippen LogP contribution is -2.23. The summed E-state index contributed by atoms with van der Waals surface area (Å²) in [6.07, 6.45) is 0.489. The molecule has 0 spiro atoms. The molecule has 0 saturated heterocycles. The van der Waals surface area contributed by atoms with Gasteiger partial charge in [0.2, 0.25) is 0 Å². The molecule has 0 amide bonds. The van der Waals surface area contributed by atoms with Crippen LogP contribution in [0.25, 0.3) is 0 Å². The van der Waals surface area contributed by atoms with Gasteiger partial charge in [-0.15, -0.1) is 0 Å². The topological polar surface area (TPSA) is 26.3 Å². The number of carbonyl (C=O) groups is 1. The van der Waals surface area contributed by atoms with Crippen LogP contribution in [0.3, 0.4) is 0 Å². The molecule has 2 nitrogen and oxygen atoms in total. The maximum atomic E-state index is 12.8. The van der Waals surface area contributed by atoms with E-state index in [9.17, 15) is 9.18 Å². The number of rotatable bonds is 5. The van der Waals surface area contributed by atoms with E-state index in [1.165, 1.54) is 19.2 Å². The highest BCUT2D eigenvalue weighted by Crippen LogP contribution is 2.08. The molecule has 0 aliphatic carbocycles. The second-order valence-electron chi connectivity index (χ2n) is 3.41. The first-order valence-electron chi connectivity index (χ1n) is 4.97. The van der Waals surface area contributed by atoms with E-state index in [2.05, 4.69) is 0 Å². The lowest BCUT2D eigenvalue weighted by atomic mass is 10.0. The first kappa shape index (κ1) is 11.9. The van der Waals surface area contributed by atoms with Crippen molar-refractivity contribution in [1.82, 2.24) is 0 Å². The molecule has 0 aliphatic heterocycles. The van der Waals surface area contributed by atoms with Crippen molar-refractivity contribution < 1.29 is 13.9 Å². The van der Waals surface area contributed by atoms with Crippen LogP contribution < -0.4 is 0 Å². The van der Waals surface area contributed by atoms with Gasteiger partial charge in [0.25, 0.3) is 0 Å². The lowest BCUT2D eigenvalue weighted by Gasteiger charge is -2.11. The van der Waals surface area contributed by atoms with Crippen LogP contribution >= 0.6 is 0 Å². The van der Waals surface area contributed by atoms with Crippen molar-refractivity contribution in [3.8, 4) is 0 Å². The molecule has 0 aromatic heterocycles. The van der Waals surface area contributed by atoms with Crippen molar-refractivity contribution in [3.63, 3.8) is 0 Å². The van der Waals surface area contributed by atoms with E-state index in [0.717, 1.165) is 0 Å². The molecule has 0 N–H and O–H groups in total. The zero-order chi connectivity index (χ0) is 11.3. The van der Waals surface area contributed by atoms with Gasteiger partial charge in [-0.3, -0.25) is 4.79 Å². The first-order valence-corrected chi connectivity index (χ1v) is 4.97. The van der Waals surface area contributed by atoms with Crippen LogP contribution in [-0.4, -0.2) is 19.0 Å². The molecule has 1 aromatic carbocycles. The number of Topliss-reactive ketones (excluding diaryl/α,β-unsaturated/α-hetero) is 1. The van der Waals surface area contributed by atoms with Gasteiger partial charge in [0.05, 0.1) is 0 Å². The molecule has 0 radical (unpaired) electrons. The lowest BCUT2D eigenvalue weighted by molar-refractivity contribution is -0.128. The summed E-state index contributed by atoms with van der Waals surface area (Å²) in [5, 5.41) is 0. The highest BCUT2D eigenvalue weighted by molar-refractivity contribution is 5.85. The van der Waals surface area contributed by atoms with Gasteiger partial charge in [-0.1, -0.05) is 19.1 Å². The van der Waals surface area contributed by atoms with E-state index in [1.807, 2.05) is 6.92 Å². The van der Waals surface area contributed by atoms with E-state index >= 15 is 0 Å². The standard InChI is InChI=1S/C12H15FO2/c1-3-12(15-2)11(14)8-9-5-4-6-10(13)7-9/h4-7,12H,3,8H2,1-2H3. The summed E-state index contributed by atoms with van der Waals surface area (Å²) in [6.45, 7) is 1.89. The normalized spacial score (nSPS) is 12.5. The Balaban J connectivity index is 2.65. The van der Waals surface area contributed by atoms with Crippen LogP contribution in [0.2, 0.25) is 0 Å². The largest absolute Gasteiger partial charge is 0.374 e. The summed E-state index contributed by atoms with van der Waals surface area (Å²) in [7, 11) is 1.51. The minimum atomic E-state index is -0.381. The van der Waals surface area contributed by atoms with E-state index in [-0.39, 0.29) is 24.1 Å². The van der Waals surface area contributed by atoms with Crippen molar-refractivity contribution in [2.75, 3.05) is 7.11 Å². The average Bonchev–Trinajstić information content (AvgIpc) is 2.19. The molecule has 0 saturated carbocycles. The summed E-state index contributed by atoms with van der Waals surface area (Å²) < 4.78 is 17.9. The number of carbonyl (C=O) groups excluding carboxylic acids is 1. The van der Waals surface area contributed by atoms with Gasteiger partial charge >= 0.3 is 0 Å². The highest BCUT2D eigenvalue weighted by atomic mass is 19.1. The third-order valence-electron chi connectivity index (χ3n) is 2.28. The van der Waals surface area contributed by atoms with Crippen molar-refractivity contribution in [2.24, 2.45) is 0 Å². The summed E-state index contributed by atoms with van der Waals surface area (Å²) in [5.41, 5.74) is 0.690. The molecule has 0 heterocycles. The third-order valence-corrected chi connectivity index (χ3v) is 2.28. The van der Waals surface area contributed by atoms with E-state index < -0.39 is 0 Å². The monoisotopic (exact) mass is 210 g/mol. The number of hydrogen-bond acceptors (Lipinski definition) is 2. The Morgan fingerprint density at radius 2 is 2.27 bits per heavy atom. The molecule has 1 unspecified atom stereocenters. The zero-order valence-electron chi connectivity index (χ0n) is 9.00. The molecular weight excluding hydrogens is 195 g/mol. The molecule has 0 bridgehead atoms. The van der Waals surface area contributed by atoms with Crippen molar-refractivity contribution in [2.45, 2.75) is 25.9 Å². The van der Waals surface area contributed by atoms with Crippen LogP contribution in [-0.2, 0) is 16.0 Å². The Kier molecular flexibility index (Phi) is 4.43. The van der Waals surface area contributed by atoms with Gasteiger partial charge in [0, 0.05) is 13.5 Å². The Bertz CT molecular complexity index is 332. The van der Waals surface area contributed by atoms with Crippen LogP contribution in [0.4, 0.5) is 4.39 Å². The summed E-state index contributed by atoms with van der Waals surface area (Å²) in [4.78, 5) is 11.6. The Hall–Kier alpha value is -1.22. The Morgan fingerprint density at radius 1 is 1.53 bits per heavy atom. The van der Waals surface area contributed by atoms with Crippen molar-refractivity contribution in [3.05, 3.63) is 35.6 Å². The molecule has 0 aliphatic rings. The van der Waals surface area contributed by atoms with E-state index in [1.54, 1.807) is 12.1 Å². The fourth-order valence-corrected chi connectivity index (χ4v) is 1.49. The number of ether oxygens (including phenoxy) is 1. The van der Waals surface area contributed by atoms with E-state index in [4.69, 9.17) is 4.74 Å². The van der Waals surface area contributed by atoms with Gasteiger partial charge in [-0.05, 0) is 24.1 Å². The van der Waals surface area contributed by atoms with Gasteiger partial charge in [-0.2, -0.15) is 0 Å². The predicted molar refractivity (Wildman–Crippen MR) is 56.2 cm³/mol. The molecule has 3 heteroatoms. The number of hydrogen-bond donors (Lipinski definition) is 0. The molecule has 0 fully saturated rings. The third kappa shape index (κ3) is 3.44. The van der Waals surface area contributed by atoms with Gasteiger partial charge < -0.3 is 4.74 Å². The number of halogens is 1. The smallest absolute Gasteiger partial charge is 0.165 e. The second-order valence-corrected chi connectivity index (χ2v) is 3.41. The van der Waals surface area contributed by atoms with Crippen LogP contribution in [0.1, 0.15) is 18.9 Å². The van der Waals surface area contributed by atoms with Gasteiger partial charge in [0.1, 0.15) is 11.9 Å². The summed E-state index contributed by atoms with van der Waals surface area (Å²) in [6, 6.07) is 6.08. The van der Waals surface area contributed by atoms with Gasteiger partial charge in [-0.25, -0.2) is 4.39 Å². The second kappa shape index (κ2) is 5.61. The molecule has 1 aromatic rings. The Labute approximate surface area is 89.1 Å². The molecule has 1 atom stereocenters. The fourth-order valence-electron chi connectivity index (χ4n) is 1.49. The minimum absolute atomic E-state index is 0.00870. The van der Waals surface area contributed by atoms with Gasteiger partial charge in [0.15, 0.2) is 5.78 Å². The minimum Gasteiger partial charge on any atom is -0.374 e. The van der Waals surface area contributed by atoms with E-state index in [0.29, 0.717) is 12.0 Å². The first-order chi connectivity index (χ1) is 7.17. The number of benzene rings is 1. The quantitative estimate of drug-likeness (QED) is 0.745. The van der Waals surface area contributed by atoms with Crippen LogP contribution in [0.15, 0.2) is 24.3 Å². The highest BCUT2D eigenvalue weighted by Gasteiger charge is 2.15. The van der Waals surface area contributed by atoms with Crippen LogP contribution in [0.5, 0.6) is 0 Å².